The summed E-state index contributed by atoms with van der Waals surface area (Å²) in [5.41, 5.74) is 1.56. The zero-order valence-electron chi connectivity index (χ0n) is 16.0. The fourth-order valence-corrected chi connectivity index (χ4v) is 2.97. The maximum atomic E-state index is 10.1. The van der Waals surface area contributed by atoms with E-state index in [0.29, 0.717) is 18.1 Å². The lowest BCUT2D eigenvalue weighted by Gasteiger charge is -2.27. The van der Waals surface area contributed by atoms with Gasteiger partial charge in [0.1, 0.15) is 0 Å². The predicted octanol–water partition coefficient (Wildman–Crippen LogP) is 3.75. The maximum absolute atomic E-state index is 10.1. The molecule has 0 heterocycles. The van der Waals surface area contributed by atoms with Crippen LogP contribution in [0.25, 0.3) is 0 Å². The highest BCUT2D eigenvalue weighted by Crippen LogP contribution is 2.40. The number of aliphatic hydroxyl groups excluding tert-OH is 1. The number of phenols is 2. The number of methoxy groups -OCH3 is 2. The number of hydrogen-bond donors (Lipinski definition) is 3. The van der Waals surface area contributed by atoms with E-state index >= 15 is 0 Å². The first-order chi connectivity index (χ1) is 13.0. The Morgan fingerprint density at radius 3 is 1.96 bits per heavy atom. The molecular formula is C21H28O6. The first-order valence-electron chi connectivity index (χ1n) is 9.01. The van der Waals surface area contributed by atoms with E-state index in [4.69, 9.17) is 14.2 Å². The topological polar surface area (TPSA) is 88.4 Å². The summed E-state index contributed by atoms with van der Waals surface area (Å²) in [6, 6.07) is 10.0. The summed E-state index contributed by atoms with van der Waals surface area (Å²) in [6.07, 6.45) is 1.43. The van der Waals surface area contributed by atoms with Crippen molar-refractivity contribution in [1.82, 2.24) is 0 Å². The van der Waals surface area contributed by atoms with E-state index in [1.165, 1.54) is 20.3 Å². The third kappa shape index (κ3) is 5.05. The quantitative estimate of drug-likeness (QED) is 0.547. The molecule has 6 nitrogen and oxygen atoms in total. The van der Waals surface area contributed by atoms with Crippen molar-refractivity contribution >= 4 is 0 Å². The summed E-state index contributed by atoms with van der Waals surface area (Å²) in [5, 5.41) is 29.9. The van der Waals surface area contributed by atoms with Crippen molar-refractivity contribution in [2.45, 2.75) is 31.8 Å². The zero-order chi connectivity index (χ0) is 19.8. The van der Waals surface area contributed by atoms with Crippen LogP contribution in [0.15, 0.2) is 36.4 Å². The molecule has 2 aromatic rings. The standard InChI is InChI=1S/C21H28O6/c1-4-5-10-27-21(15-7-9-18(24)20(12-15)26-3)16(13-22)14-6-8-17(23)19(11-14)25-2/h6-9,11-12,16,21-24H,4-5,10,13H2,1-3H3/t16-,21+/m1/s1. The summed E-state index contributed by atoms with van der Waals surface area (Å²) < 4.78 is 16.5. The van der Waals surface area contributed by atoms with Gasteiger partial charge >= 0.3 is 0 Å². The van der Waals surface area contributed by atoms with Gasteiger partial charge in [0, 0.05) is 12.5 Å². The average molecular weight is 376 g/mol. The Hall–Kier alpha value is -2.44. The third-order valence-electron chi connectivity index (χ3n) is 4.52. The van der Waals surface area contributed by atoms with Gasteiger partial charge in [0.05, 0.1) is 26.9 Å². The molecule has 2 aromatic carbocycles. The molecule has 6 heteroatoms. The molecule has 27 heavy (non-hydrogen) atoms. The summed E-state index contributed by atoms with van der Waals surface area (Å²) in [5.74, 6) is 0.372. The third-order valence-corrected chi connectivity index (χ3v) is 4.52. The molecule has 0 fully saturated rings. The van der Waals surface area contributed by atoms with Gasteiger partial charge in [-0.15, -0.1) is 0 Å². The largest absolute Gasteiger partial charge is 0.504 e. The van der Waals surface area contributed by atoms with Crippen molar-refractivity contribution in [1.29, 1.82) is 0 Å². The Bertz CT molecular complexity index is 731. The van der Waals surface area contributed by atoms with Gasteiger partial charge in [0.15, 0.2) is 23.0 Å². The second-order valence-corrected chi connectivity index (χ2v) is 6.30. The Balaban J connectivity index is 2.43. The van der Waals surface area contributed by atoms with Crippen LogP contribution in [-0.4, -0.2) is 42.8 Å². The minimum Gasteiger partial charge on any atom is -0.504 e. The molecule has 0 radical (unpaired) electrons. The average Bonchev–Trinajstić information content (AvgIpc) is 2.69. The van der Waals surface area contributed by atoms with E-state index in [9.17, 15) is 15.3 Å². The minimum atomic E-state index is -0.453. The number of hydrogen-bond acceptors (Lipinski definition) is 6. The van der Waals surface area contributed by atoms with Crippen molar-refractivity contribution in [3.05, 3.63) is 47.5 Å². The van der Waals surface area contributed by atoms with Crippen LogP contribution in [0.1, 0.15) is 42.9 Å². The van der Waals surface area contributed by atoms with E-state index in [1.54, 1.807) is 30.3 Å². The number of rotatable bonds is 10. The molecule has 0 amide bonds. The Kier molecular flexibility index (Phi) is 7.76. The van der Waals surface area contributed by atoms with Gasteiger partial charge in [-0.05, 0) is 41.8 Å². The number of aliphatic hydroxyl groups is 1. The van der Waals surface area contributed by atoms with E-state index in [0.717, 1.165) is 24.0 Å². The van der Waals surface area contributed by atoms with Crippen LogP contribution in [0.3, 0.4) is 0 Å². The fourth-order valence-electron chi connectivity index (χ4n) is 2.97. The summed E-state index contributed by atoms with van der Waals surface area (Å²) in [7, 11) is 2.97. The molecule has 148 valence electrons. The Morgan fingerprint density at radius 1 is 0.889 bits per heavy atom. The lowest BCUT2D eigenvalue weighted by molar-refractivity contribution is 0.0162. The van der Waals surface area contributed by atoms with E-state index in [2.05, 4.69) is 6.92 Å². The second kappa shape index (κ2) is 10.0. The van der Waals surface area contributed by atoms with Crippen LogP contribution in [0.4, 0.5) is 0 Å². The van der Waals surface area contributed by atoms with Crippen molar-refractivity contribution < 1.29 is 29.5 Å². The molecule has 0 aromatic heterocycles. The van der Waals surface area contributed by atoms with Crippen LogP contribution in [-0.2, 0) is 4.74 Å². The van der Waals surface area contributed by atoms with Crippen molar-refractivity contribution in [3.63, 3.8) is 0 Å². The van der Waals surface area contributed by atoms with Gasteiger partial charge in [-0.1, -0.05) is 25.5 Å². The summed E-state index contributed by atoms with van der Waals surface area (Å²) in [4.78, 5) is 0. The van der Waals surface area contributed by atoms with Crippen molar-refractivity contribution in [2.24, 2.45) is 0 Å². The second-order valence-electron chi connectivity index (χ2n) is 6.30. The van der Waals surface area contributed by atoms with Crippen LogP contribution in [0.5, 0.6) is 23.0 Å². The molecule has 0 saturated carbocycles. The molecule has 0 aliphatic rings. The number of phenolic OH excluding ortho intramolecular Hbond substituents is 2. The summed E-state index contributed by atoms with van der Waals surface area (Å²) >= 11 is 0. The Labute approximate surface area is 159 Å². The molecular weight excluding hydrogens is 348 g/mol. The molecule has 3 N–H and O–H groups in total. The molecule has 0 aliphatic carbocycles. The lowest BCUT2D eigenvalue weighted by Crippen LogP contribution is -2.19. The monoisotopic (exact) mass is 376 g/mol. The predicted molar refractivity (Wildman–Crippen MR) is 103 cm³/mol. The normalized spacial score (nSPS) is 13.2. The highest BCUT2D eigenvalue weighted by Gasteiger charge is 2.27. The minimum absolute atomic E-state index is 0.0349. The van der Waals surface area contributed by atoms with E-state index in [-0.39, 0.29) is 24.0 Å². The fraction of sp³-hybridized carbons (Fsp3) is 0.429. The number of benzene rings is 2. The van der Waals surface area contributed by atoms with Crippen LogP contribution < -0.4 is 9.47 Å². The van der Waals surface area contributed by atoms with Gasteiger partial charge in [-0.2, -0.15) is 0 Å². The first kappa shape index (κ1) is 20.9. The molecule has 0 bridgehead atoms. The van der Waals surface area contributed by atoms with Crippen molar-refractivity contribution in [3.8, 4) is 23.0 Å². The molecule has 0 aliphatic heterocycles. The molecule has 0 unspecified atom stereocenters. The highest BCUT2D eigenvalue weighted by atomic mass is 16.5. The van der Waals surface area contributed by atoms with Gasteiger partial charge < -0.3 is 29.5 Å². The van der Waals surface area contributed by atoms with Gasteiger partial charge in [-0.3, -0.25) is 0 Å². The van der Waals surface area contributed by atoms with Crippen LogP contribution in [0, 0.1) is 0 Å². The van der Waals surface area contributed by atoms with E-state index in [1.807, 2.05) is 0 Å². The highest BCUT2D eigenvalue weighted by molar-refractivity contribution is 5.46. The van der Waals surface area contributed by atoms with Crippen molar-refractivity contribution in [2.75, 3.05) is 27.4 Å². The van der Waals surface area contributed by atoms with Crippen LogP contribution in [0.2, 0.25) is 0 Å². The van der Waals surface area contributed by atoms with Gasteiger partial charge in [-0.25, -0.2) is 0 Å². The molecule has 0 saturated heterocycles. The summed E-state index contributed by atoms with van der Waals surface area (Å²) in [6.45, 7) is 2.46. The first-order valence-corrected chi connectivity index (χ1v) is 9.01. The lowest BCUT2D eigenvalue weighted by atomic mass is 9.89. The van der Waals surface area contributed by atoms with Gasteiger partial charge in [0.2, 0.25) is 0 Å². The zero-order valence-corrected chi connectivity index (χ0v) is 16.0. The molecule has 0 spiro atoms. The number of ether oxygens (including phenoxy) is 3. The number of unbranched alkanes of at least 4 members (excludes halogenated alkanes) is 1. The van der Waals surface area contributed by atoms with Gasteiger partial charge in [0.25, 0.3) is 0 Å². The maximum Gasteiger partial charge on any atom is 0.160 e. The SMILES string of the molecule is CCCCO[C@@H](c1ccc(O)c(OC)c1)[C@H](CO)c1ccc(O)c(OC)c1. The van der Waals surface area contributed by atoms with E-state index < -0.39 is 6.10 Å². The molecule has 2 atom stereocenters. The number of aromatic hydroxyl groups is 2. The Morgan fingerprint density at radius 2 is 1.44 bits per heavy atom. The molecule has 2 rings (SSSR count). The van der Waals surface area contributed by atoms with Crippen LogP contribution >= 0.6 is 0 Å². The smallest absolute Gasteiger partial charge is 0.160 e.